The Hall–Kier alpha value is -3.45. The third-order valence-electron chi connectivity index (χ3n) is 5.86. The minimum Gasteiger partial charge on any atom is -0.452 e. The number of rotatable bonds is 8. The predicted molar refractivity (Wildman–Crippen MR) is 165 cm³/mol. The fourth-order valence-electron chi connectivity index (χ4n) is 3.96. The number of hydrogen-bond acceptors (Lipinski definition) is 7. The third-order valence-corrected chi connectivity index (χ3v) is 7.15. The van der Waals surface area contributed by atoms with E-state index < -0.39 is 28.9 Å². The molecule has 0 saturated carbocycles. The highest BCUT2D eigenvalue weighted by molar-refractivity contribution is 7.79. The lowest BCUT2D eigenvalue weighted by atomic mass is 10.0. The molecule has 1 heterocycles. The number of carbonyl (C=O) groups is 2. The van der Waals surface area contributed by atoms with Gasteiger partial charge in [-0.25, -0.2) is 9.78 Å². The van der Waals surface area contributed by atoms with Crippen molar-refractivity contribution in [2.75, 3.05) is 29.9 Å². The summed E-state index contributed by atoms with van der Waals surface area (Å²) in [6.07, 6.45) is 0. The maximum atomic E-state index is 13.1. The van der Waals surface area contributed by atoms with Gasteiger partial charge in [0, 0.05) is 35.4 Å². The molecule has 42 heavy (non-hydrogen) atoms. The van der Waals surface area contributed by atoms with Crippen LogP contribution >= 0.6 is 34.8 Å². The molecule has 0 saturated heterocycles. The van der Waals surface area contributed by atoms with Crippen LogP contribution in [0.2, 0.25) is 15.1 Å². The lowest BCUT2D eigenvalue weighted by Gasteiger charge is -2.21. The fourth-order valence-corrected chi connectivity index (χ4v) is 4.59. The molecule has 14 heteroatoms. The van der Waals surface area contributed by atoms with Crippen LogP contribution in [0.15, 0.2) is 66.7 Å². The summed E-state index contributed by atoms with van der Waals surface area (Å²) in [6, 6.07) is 19.5. The topological polar surface area (TPSA) is 146 Å². The molecule has 0 bridgehead atoms. The number of nitrogens with one attached hydrogen (secondary N) is 1. The van der Waals surface area contributed by atoms with Crippen molar-refractivity contribution in [3.63, 3.8) is 0 Å². The SMILES string of the molecule is CCN(CC)c1ccc(NC(=O)COC(=O)c2cc(-c3ccc(Cl)c(Cl)c3Cl)nc3ccccc23)cc1.O=S(=O)(O)O. The number of carbonyl (C=O) groups excluding carboxylic acids is 2. The first kappa shape index (κ1) is 33.1. The molecule has 3 N–H and O–H groups in total. The molecule has 10 nitrogen and oxygen atoms in total. The first-order chi connectivity index (χ1) is 19.8. The van der Waals surface area contributed by atoms with Gasteiger partial charge in [0.1, 0.15) is 0 Å². The molecule has 0 aliphatic rings. The van der Waals surface area contributed by atoms with E-state index in [0.29, 0.717) is 32.9 Å². The first-order valence-electron chi connectivity index (χ1n) is 12.4. The minimum absolute atomic E-state index is 0.196. The molecule has 1 aromatic heterocycles. The van der Waals surface area contributed by atoms with Crippen molar-refractivity contribution in [2.24, 2.45) is 0 Å². The maximum Gasteiger partial charge on any atom is 0.394 e. The molecule has 4 aromatic rings. The number of benzene rings is 3. The summed E-state index contributed by atoms with van der Waals surface area (Å²) >= 11 is 18.7. The minimum atomic E-state index is -4.67. The quantitative estimate of drug-likeness (QED) is 0.105. The number of pyridine rings is 1. The summed E-state index contributed by atoms with van der Waals surface area (Å²) in [4.78, 5) is 32.4. The van der Waals surface area contributed by atoms with Gasteiger partial charge in [-0.05, 0) is 62.4 Å². The molecule has 0 aliphatic heterocycles. The van der Waals surface area contributed by atoms with Gasteiger partial charge >= 0.3 is 16.4 Å². The van der Waals surface area contributed by atoms with Crippen LogP contribution < -0.4 is 10.2 Å². The van der Waals surface area contributed by atoms with E-state index in [0.717, 1.165) is 18.8 Å². The Morgan fingerprint density at radius 3 is 2.17 bits per heavy atom. The first-order valence-corrected chi connectivity index (χ1v) is 14.9. The van der Waals surface area contributed by atoms with E-state index in [1.807, 2.05) is 30.3 Å². The Bertz CT molecular complexity index is 1690. The van der Waals surface area contributed by atoms with Gasteiger partial charge in [0.25, 0.3) is 5.91 Å². The van der Waals surface area contributed by atoms with E-state index in [1.165, 1.54) is 0 Å². The Morgan fingerprint density at radius 1 is 0.929 bits per heavy atom. The van der Waals surface area contributed by atoms with Gasteiger partial charge in [0.05, 0.1) is 31.8 Å². The van der Waals surface area contributed by atoms with Gasteiger partial charge in [0.15, 0.2) is 6.61 Å². The van der Waals surface area contributed by atoms with E-state index in [4.69, 9.17) is 57.1 Å². The number of ether oxygens (including phenoxy) is 1. The van der Waals surface area contributed by atoms with Gasteiger partial charge in [-0.15, -0.1) is 0 Å². The average Bonchev–Trinajstić information content (AvgIpc) is 2.95. The number of nitrogens with zero attached hydrogens (tertiary/aromatic N) is 2. The molecule has 0 unspecified atom stereocenters. The second kappa shape index (κ2) is 14.6. The molecule has 4 rings (SSSR count). The van der Waals surface area contributed by atoms with E-state index >= 15 is 0 Å². The lowest BCUT2D eigenvalue weighted by molar-refractivity contribution is -0.119. The van der Waals surface area contributed by atoms with Gasteiger partial charge < -0.3 is 15.0 Å². The lowest BCUT2D eigenvalue weighted by Crippen LogP contribution is -2.22. The summed E-state index contributed by atoms with van der Waals surface area (Å²) < 4.78 is 36.9. The van der Waals surface area contributed by atoms with Crippen LogP contribution in [0, 0.1) is 0 Å². The number of halogens is 3. The number of hydrogen-bond donors (Lipinski definition) is 3. The smallest absolute Gasteiger partial charge is 0.394 e. The molecule has 0 fully saturated rings. The Kier molecular flexibility index (Phi) is 11.5. The Labute approximate surface area is 257 Å². The molecule has 3 aromatic carbocycles. The van der Waals surface area contributed by atoms with Crippen LogP contribution in [0.1, 0.15) is 24.2 Å². The van der Waals surface area contributed by atoms with Crippen molar-refractivity contribution >= 4 is 79.4 Å². The number of para-hydroxylation sites is 1. The molecular formula is C28H26Cl3N3O7S. The normalized spacial score (nSPS) is 10.9. The standard InChI is InChI=1S/C28H24Cl3N3O3.H2O4S/c1-3-34(4-2)18-11-9-17(10-12-18)32-25(35)16-37-28(36)21-15-24(33-23-8-6-5-7-19(21)23)20-13-14-22(29)27(31)26(20)30;1-5(2,3)4/h5-15H,3-4,16H2,1-2H3,(H,32,35);(H2,1,2,3,4). The van der Waals surface area contributed by atoms with Crippen molar-refractivity contribution in [2.45, 2.75) is 13.8 Å². The summed E-state index contributed by atoms with van der Waals surface area (Å²) in [7, 11) is -4.67. The number of amides is 1. The summed E-state index contributed by atoms with van der Waals surface area (Å²) in [6.45, 7) is 5.50. The van der Waals surface area contributed by atoms with E-state index in [1.54, 1.807) is 36.4 Å². The van der Waals surface area contributed by atoms with Crippen LogP contribution in [0.3, 0.4) is 0 Å². The van der Waals surface area contributed by atoms with E-state index in [-0.39, 0.29) is 15.6 Å². The highest BCUT2D eigenvalue weighted by Crippen LogP contribution is 2.38. The molecule has 222 valence electrons. The molecular weight excluding hydrogens is 629 g/mol. The molecule has 1 amide bonds. The number of esters is 1. The van der Waals surface area contributed by atoms with Crippen molar-refractivity contribution in [1.82, 2.24) is 4.98 Å². The van der Waals surface area contributed by atoms with Crippen molar-refractivity contribution < 1.29 is 31.8 Å². The Morgan fingerprint density at radius 2 is 1.55 bits per heavy atom. The van der Waals surface area contributed by atoms with Crippen LogP contribution in [0.4, 0.5) is 11.4 Å². The van der Waals surface area contributed by atoms with Gasteiger partial charge in [-0.1, -0.05) is 53.0 Å². The van der Waals surface area contributed by atoms with Crippen molar-refractivity contribution in [3.05, 3.63) is 87.4 Å². The zero-order valence-electron chi connectivity index (χ0n) is 22.3. The van der Waals surface area contributed by atoms with E-state index in [9.17, 15) is 9.59 Å². The molecule has 0 spiro atoms. The number of aromatic nitrogens is 1. The summed E-state index contributed by atoms with van der Waals surface area (Å²) in [5.74, 6) is -1.11. The zero-order chi connectivity index (χ0) is 31.0. The zero-order valence-corrected chi connectivity index (χ0v) is 25.4. The second-order valence-corrected chi connectivity index (χ2v) is 10.6. The second-order valence-electron chi connectivity index (χ2n) is 8.59. The largest absolute Gasteiger partial charge is 0.452 e. The van der Waals surface area contributed by atoms with Crippen LogP contribution in [-0.4, -0.2) is 54.1 Å². The van der Waals surface area contributed by atoms with Crippen molar-refractivity contribution in [1.29, 1.82) is 0 Å². The van der Waals surface area contributed by atoms with Crippen LogP contribution in [0.5, 0.6) is 0 Å². The van der Waals surface area contributed by atoms with Crippen molar-refractivity contribution in [3.8, 4) is 11.3 Å². The van der Waals surface area contributed by atoms with Gasteiger partial charge in [-0.2, -0.15) is 8.42 Å². The summed E-state index contributed by atoms with van der Waals surface area (Å²) in [5.41, 5.74) is 3.43. The van der Waals surface area contributed by atoms with E-state index in [2.05, 4.69) is 29.0 Å². The third kappa shape index (κ3) is 9.02. The Balaban J connectivity index is 0.000000892. The van der Waals surface area contributed by atoms with Gasteiger partial charge in [0.2, 0.25) is 0 Å². The molecule has 0 aliphatic carbocycles. The number of anilines is 2. The predicted octanol–water partition coefficient (Wildman–Crippen LogP) is 6.85. The number of fused-ring (bicyclic) bond motifs is 1. The van der Waals surface area contributed by atoms with Gasteiger partial charge in [-0.3, -0.25) is 13.9 Å². The molecule has 0 radical (unpaired) electrons. The highest BCUT2D eigenvalue weighted by atomic mass is 35.5. The molecule has 0 atom stereocenters. The van der Waals surface area contributed by atoms with Crippen LogP contribution in [-0.2, 0) is 19.9 Å². The van der Waals surface area contributed by atoms with Crippen LogP contribution in [0.25, 0.3) is 22.2 Å². The fraction of sp³-hybridized carbons (Fsp3) is 0.179. The summed E-state index contributed by atoms with van der Waals surface area (Å²) in [5, 5.41) is 4.07. The maximum absolute atomic E-state index is 13.1. The average molecular weight is 655 g/mol. The highest BCUT2D eigenvalue weighted by Gasteiger charge is 2.19. The monoisotopic (exact) mass is 653 g/mol.